The number of aryl methyl sites for hydroxylation is 1. The zero-order valence-electron chi connectivity index (χ0n) is 16.8. The van der Waals surface area contributed by atoms with Crippen molar-refractivity contribution in [2.24, 2.45) is 0 Å². The first-order valence-corrected chi connectivity index (χ1v) is 10.9. The van der Waals surface area contributed by atoms with Gasteiger partial charge in [-0.3, -0.25) is 4.79 Å². The van der Waals surface area contributed by atoms with Crippen LogP contribution in [0.4, 0.5) is 0 Å². The summed E-state index contributed by atoms with van der Waals surface area (Å²) >= 11 is 0. The second-order valence-electron chi connectivity index (χ2n) is 6.56. The Hall–Kier alpha value is -4.06. The number of sulfonamides is 1. The van der Waals surface area contributed by atoms with Gasteiger partial charge >= 0.3 is 0 Å². The minimum atomic E-state index is -4.04. The van der Waals surface area contributed by atoms with Crippen LogP contribution in [0.5, 0.6) is 0 Å². The van der Waals surface area contributed by atoms with Crippen molar-refractivity contribution in [2.45, 2.75) is 11.8 Å². The van der Waals surface area contributed by atoms with E-state index in [0.717, 1.165) is 11.1 Å². The van der Waals surface area contributed by atoms with Crippen molar-refractivity contribution in [3.8, 4) is 23.7 Å². The highest BCUT2D eigenvalue weighted by Gasteiger charge is 2.19. The molecular formula is C26H19NO3S. The molecule has 0 fully saturated rings. The number of allylic oxidation sites excluding steroid dienone is 1. The zero-order valence-corrected chi connectivity index (χ0v) is 17.6. The minimum Gasteiger partial charge on any atom is -0.267 e. The summed E-state index contributed by atoms with van der Waals surface area (Å²) in [7, 11) is -4.04. The number of rotatable bonds is 3. The summed E-state index contributed by atoms with van der Waals surface area (Å²) in [5.74, 6) is 10.4. The molecule has 31 heavy (non-hydrogen) atoms. The van der Waals surface area contributed by atoms with E-state index in [1.54, 1.807) is 24.3 Å². The van der Waals surface area contributed by atoms with Gasteiger partial charge in [-0.2, -0.15) is 0 Å². The van der Waals surface area contributed by atoms with Gasteiger partial charge < -0.3 is 0 Å². The lowest BCUT2D eigenvalue weighted by atomic mass is 10.2. The van der Waals surface area contributed by atoms with Crippen LogP contribution in [0.3, 0.4) is 0 Å². The van der Waals surface area contributed by atoms with Gasteiger partial charge in [-0.1, -0.05) is 77.8 Å². The maximum Gasteiger partial charge on any atom is 0.274 e. The number of carbonyl (C=O) groups excluding carboxylic acids is 1. The fourth-order valence-electron chi connectivity index (χ4n) is 2.49. The topological polar surface area (TPSA) is 63.2 Å². The summed E-state index contributed by atoms with van der Waals surface area (Å²) in [6.07, 6.45) is 1.32. The van der Waals surface area contributed by atoms with Crippen molar-refractivity contribution >= 4 is 15.9 Å². The first-order chi connectivity index (χ1) is 14.9. The van der Waals surface area contributed by atoms with Crippen LogP contribution in [0.25, 0.3) is 0 Å². The van der Waals surface area contributed by atoms with Gasteiger partial charge in [0.1, 0.15) is 0 Å². The highest BCUT2D eigenvalue weighted by atomic mass is 32.2. The number of amides is 1. The Morgan fingerprint density at radius 1 is 0.806 bits per heavy atom. The smallest absolute Gasteiger partial charge is 0.267 e. The van der Waals surface area contributed by atoms with Gasteiger partial charge in [0, 0.05) is 17.2 Å². The average Bonchev–Trinajstić information content (AvgIpc) is 2.77. The second-order valence-corrected chi connectivity index (χ2v) is 8.24. The number of nitrogens with one attached hydrogen (secondary N) is 1. The molecule has 1 N–H and O–H groups in total. The van der Waals surface area contributed by atoms with Gasteiger partial charge in [0.25, 0.3) is 15.9 Å². The standard InChI is InChI=1S/C26H19NO3S/c1-21-15-19-25(20-16-21)31(29,30)27-26(28)24(18-17-23-11-6-3-7-12-23)14-8-13-22-9-4-2-5-10-22/h2-7,9-12,14-16,19-20H,1H3,(H,27,28)/b24-14+. The van der Waals surface area contributed by atoms with Crippen molar-refractivity contribution in [3.05, 3.63) is 113 Å². The normalized spacial score (nSPS) is 10.8. The average molecular weight is 426 g/mol. The van der Waals surface area contributed by atoms with Gasteiger partial charge in [0.15, 0.2) is 0 Å². The third-order valence-electron chi connectivity index (χ3n) is 4.13. The maximum atomic E-state index is 12.7. The summed E-state index contributed by atoms with van der Waals surface area (Å²) in [4.78, 5) is 12.7. The summed E-state index contributed by atoms with van der Waals surface area (Å²) in [6.45, 7) is 1.85. The van der Waals surface area contributed by atoms with Crippen molar-refractivity contribution in [3.63, 3.8) is 0 Å². The molecule has 0 aliphatic carbocycles. The van der Waals surface area contributed by atoms with E-state index < -0.39 is 15.9 Å². The van der Waals surface area contributed by atoms with E-state index in [9.17, 15) is 13.2 Å². The van der Waals surface area contributed by atoms with E-state index in [4.69, 9.17) is 0 Å². The fourth-order valence-corrected chi connectivity index (χ4v) is 3.45. The molecule has 3 aromatic rings. The van der Waals surface area contributed by atoms with Crippen molar-refractivity contribution < 1.29 is 13.2 Å². The van der Waals surface area contributed by atoms with Crippen molar-refractivity contribution in [1.29, 1.82) is 0 Å². The summed E-state index contributed by atoms with van der Waals surface area (Å²) < 4.78 is 27.2. The number of hydrogen-bond acceptors (Lipinski definition) is 3. The quantitative estimate of drug-likeness (QED) is 0.512. The van der Waals surface area contributed by atoms with Gasteiger partial charge in [-0.15, -0.1) is 0 Å². The van der Waals surface area contributed by atoms with Gasteiger partial charge in [-0.05, 0) is 43.3 Å². The lowest BCUT2D eigenvalue weighted by Gasteiger charge is -2.06. The second kappa shape index (κ2) is 10.1. The number of carbonyl (C=O) groups is 1. The fraction of sp³-hybridized carbons (Fsp3) is 0.0385. The van der Waals surface area contributed by atoms with Gasteiger partial charge in [0.2, 0.25) is 0 Å². The molecule has 0 heterocycles. The van der Waals surface area contributed by atoms with Gasteiger partial charge in [0.05, 0.1) is 10.5 Å². The van der Waals surface area contributed by atoms with E-state index in [0.29, 0.717) is 5.56 Å². The first kappa shape index (κ1) is 21.6. The van der Waals surface area contributed by atoms with Crippen molar-refractivity contribution in [1.82, 2.24) is 4.72 Å². The largest absolute Gasteiger partial charge is 0.274 e. The van der Waals surface area contributed by atoms with Crippen LogP contribution in [0.1, 0.15) is 16.7 Å². The SMILES string of the molecule is Cc1ccc(S(=O)(=O)NC(=O)/C(C#Cc2ccccc2)=C/C#Cc2ccccc2)cc1. The highest BCUT2D eigenvalue weighted by molar-refractivity contribution is 7.90. The Bertz CT molecular complexity index is 1320. The van der Waals surface area contributed by atoms with Crippen molar-refractivity contribution in [2.75, 3.05) is 0 Å². The van der Waals surface area contributed by atoms with E-state index in [1.165, 1.54) is 18.2 Å². The predicted octanol–water partition coefficient (Wildman–Crippen LogP) is 3.83. The molecule has 3 aromatic carbocycles. The summed E-state index contributed by atoms with van der Waals surface area (Å²) in [6, 6.07) is 24.5. The molecule has 0 aliphatic heterocycles. The van der Waals surface area contributed by atoms with Crippen LogP contribution in [0.2, 0.25) is 0 Å². The summed E-state index contributed by atoms with van der Waals surface area (Å²) in [5, 5.41) is 0. The van der Waals surface area contributed by atoms with Crippen LogP contribution in [-0.2, 0) is 14.8 Å². The van der Waals surface area contributed by atoms with Crippen LogP contribution in [0, 0.1) is 30.6 Å². The Kier molecular flexibility index (Phi) is 7.06. The van der Waals surface area contributed by atoms with Crippen LogP contribution in [0.15, 0.2) is 101 Å². The highest BCUT2D eigenvalue weighted by Crippen LogP contribution is 2.10. The molecule has 0 spiro atoms. The predicted molar refractivity (Wildman–Crippen MR) is 121 cm³/mol. The van der Waals surface area contributed by atoms with E-state index in [2.05, 4.69) is 28.4 Å². The molecule has 5 heteroatoms. The molecule has 0 atom stereocenters. The molecule has 152 valence electrons. The van der Waals surface area contributed by atoms with Crippen LogP contribution >= 0.6 is 0 Å². The molecule has 0 unspecified atom stereocenters. The molecule has 0 aliphatic rings. The molecule has 1 amide bonds. The third kappa shape index (κ3) is 6.47. The third-order valence-corrected chi connectivity index (χ3v) is 5.47. The molecule has 0 bridgehead atoms. The Labute approximate surface area is 182 Å². The van der Waals surface area contributed by atoms with Crippen LogP contribution < -0.4 is 4.72 Å². The molecular weight excluding hydrogens is 406 g/mol. The van der Waals surface area contributed by atoms with E-state index in [1.807, 2.05) is 55.5 Å². The Morgan fingerprint density at radius 2 is 1.35 bits per heavy atom. The van der Waals surface area contributed by atoms with E-state index in [-0.39, 0.29) is 10.5 Å². The van der Waals surface area contributed by atoms with E-state index >= 15 is 0 Å². The van der Waals surface area contributed by atoms with Crippen LogP contribution in [-0.4, -0.2) is 14.3 Å². The number of benzene rings is 3. The Morgan fingerprint density at radius 3 is 1.94 bits per heavy atom. The summed E-state index contributed by atoms with van der Waals surface area (Å²) in [5.41, 5.74) is 2.32. The van der Waals surface area contributed by atoms with Gasteiger partial charge in [-0.25, -0.2) is 13.1 Å². The lowest BCUT2D eigenvalue weighted by Crippen LogP contribution is -2.31. The minimum absolute atomic E-state index is 0.00260. The maximum absolute atomic E-state index is 12.7. The molecule has 0 radical (unpaired) electrons. The Balaban J connectivity index is 1.90. The molecule has 4 nitrogen and oxygen atoms in total. The number of hydrogen-bond donors (Lipinski definition) is 1. The molecule has 3 rings (SSSR count). The first-order valence-electron chi connectivity index (χ1n) is 9.42. The monoisotopic (exact) mass is 425 g/mol. The zero-order chi connectivity index (χ0) is 22.1. The molecule has 0 aromatic heterocycles. The lowest BCUT2D eigenvalue weighted by molar-refractivity contribution is -0.115. The molecule has 0 saturated carbocycles. The molecule has 0 saturated heterocycles.